The number of unbranched alkanes of at least 4 members (excludes halogenated alkanes) is 1. The summed E-state index contributed by atoms with van der Waals surface area (Å²) in [4.78, 5) is 69.2. The Labute approximate surface area is 404 Å². The zero-order chi connectivity index (χ0) is 48.2. The van der Waals surface area contributed by atoms with Crippen LogP contribution in [0.25, 0.3) is 0 Å². The first-order valence-corrected chi connectivity index (χ1v) is 25.0. The van der Waals surface area contributed by atoms with Gasteiger partial charge in [-0.3, -0.25) is 24.0 Å². The number of nitrogens with zero attached hydrogens (tertiary/aromatic N) is 2. The minimum absolute atomic E-state index is 0.0454. The molecule has 0 aliphatic carbocycles. The van der Waals surface area contributed by atoms with E-state index in [4.69, 9.17) is 18.9 Å². The number of aryl methyl sites for hydroxylation is 1. The van der Waals surface area contributed by atoms with Gasteiger partial charge in [-0.2, -0.15) is 16.7 Å². The monoisotopic (exact) mass is 958 g/mol. The number of thioether (sulfide) groups is 1. The summed E-state index contributed by atoms with van der Waals surface area (Å²) in [5.74, 6) is 3.26. The molecule has 4 amide bonds. The molecular weight excluding hydrogens is 889 g/mol. The number of aromatic nitrogens is 2. The summed E-state index contributed by atoms with van der Waals surface area (Å²) in [6, 6.07) is 15.4. The number of ketones is 1. The van der Waals surface area contributed by atoms with Gasteiger partial charge in [-0.15, -0.1) is 0 Å². The van der Waals surface area contributed by atoms with Crippen LogP contribution in [0.15, 0.2) is 67.4 Å². The van der Waals surface area contributed by atoms with Gasteiger partial charge in [0.25, 0.3) is 0 Å². The van der Waals surface area contributed by atoms with Gasteiger partial charge in [0, 0.05) is 105 Å². The standard InChI is InChI=1S/C50H70N8O9S/c1-3-41(59)31-37-12-6-13-39(30-37)55-49-36(2)34-54-50(58-49)56-40-14-7-15-42(33-40)67-25-11-22-53-46(62)19-8-18-45(61)52-21-10-24-65-27-29-66-28-26-64-23-9-20-51-44(60)17-5-4-16-43-48-38(35-68-43)32-47(63)57-48/h3,6-7,12-15,30,33-34,38,43,48H,1,4-5,8-11,16-29,31-32,35H2,2H3,(H,51,60)(H,52,61)(H,53,62)(H,57,63)(H2,54,55,56,58)/t38-,43-,48-/m0/s1. The second kappa shape index (κ2) is 30.7. The summed E-state index contributed by atoms with van der Waals surface area (Å²) >= 11 is 1.96. The molecule has 2 aliphatic heterocycles. The third-order valence-corrected chi connectivity index (χ3v) is 12.8. The second-order valence-corrected chi connectivity index (χ2v) is 18.1. The van der Waals surface area contributed by atoms with Crippen LogP contribution in [0.1, 0.15) is 81.8 Å². The van der Waals surface area contributed by atoms with Gasteiger partial charge in [-0.05, 0) is 93.0 Å². The molecule has 3 aromatic rings. The number of allylic oxidation sites excluding steroid dienone is 1. The number of benzene rings is 2. The smallest absolute Gasteiger partial charge is 0.229 e. The van der Waals surface area contributed by atoms with Gasteiger partial charge in [0.2, 0.25) is 29.6 Å². The highest BCUT2D eigenvalue weighted by Crippen LogP contribution is 2.39. The highest BCUT2D eigenvalue weighted by Gasteiger charge is 2.42. The molecule has 2 aliphatic rings. The van der Waals surface area contributed by atoms with E-state index in [2.05, 4.69) is 48.4 Å². The zero-order valence-corrected chi connectivity index (χ0v) is 40.3. The van der Waals surface area contributed by atoms with E-state index in [-0.39, 0.29) is 48.7 Å². The number of nitrogens with one attached hydrogen (secondary N) is 6. The van der Waals surface area contributed by atoms with E-state index >= 15 is 0 Å². The molecule has 370 valence electrons. The van der Waals surface area contributed by atoms with Crippen molar-refractivity contribution < 1.29 is 42.9 Å². The minimum atomic E-state index is -0.105. The lowest BCUT2D eigenvalue weighted by molar-refractivity contribution is -0.123. The molecule has 2 aromatic carbocycles. The van der Waals surface area contributed by atoms with Crippen LogP contribution < -0.4 is 36.6 Å². The number of hydrogen-bond donors (Lipinski definition) is 6. The van der Waals surface area contributed by atoms with Crippen LogP contribution in [0.2, 0.25) is 0 Å². The fourth-order valence-corrected chi connectivity index (χ4v) is 9.28. The highest BCUT2D eigenvalue weighted by molar-refractivity contribution is 8.00. The molecule has 68 heavy (non-hydrogen) atoms. The van der Waals surface area contributed by atoms with Crippen LogP contribution in [0, 0.1) is 12.8 Å². The van der Waals surface area contributed by atoms with Gasteiger partial charge in [0.05, 0.1) is 33.0 Å². The molecule has 2 saturated heterocycles. The normalized spacial score (nSPS) is 16.1. The molecule has 0 bridgehead atoms. The number of carbonyl (C=O) groups excluding carboxylic acids is 5. The van der Waals surface area contributed by atoms with Crippen LogP contribution in [-0.4, -0.2) is 122 Å². The summed E-state index contributed by atoms with van der Waals surface area (Å²) in [6.07, 6.45) is 10.5. The third-order valence-electron chi connectivity index (χ3n) is 11.2. The predicted octanol–water partition coefficient (Wildman–Crippen LogP) is 5.87. The average molecular weight is 959 g/mol. The van der Waals surface area contributed by atoms with E-state index in [1.54, 1.807) is 6.20 Å². The van der Waals surface area contributed by atoms with Crippen LogP contribution in [0.5, 0.6) is 5.75 Å². The molecule has 2 fully saturated rings. The summed E-state index contributed by atoms with van der Waals surface area (Å²) in [7, 11) is 0. The Morgan fingerprint density at radius 2 is 1.38 bits per heavy atom. The maximum absolute atomic E-state index is 12.3. The number of anilines is 4. The lowest BCUT2D eigenvalue weighted by atomic mass is 9.97. The molecule has 5 rings (SSSR count). The molecule has 17 nitrogen and oxygen atoms in total. The van der Waals surface area contributed by atoms with E-state index in [1.807, 2.05) is 67.2 Å². The van der Waals surface area contributed by atoms with Crippen LogP contribution in [-0.2, 0) is 44.6 Å². The Morgan fingerprint density at radius 3 is 2.06 bits per heavy atom. The fourth-order valence-electron chi connectivity index (χ4n) is 7.63. The van der Waals surface area contributed by atoms with Crippen molar-refractivity contribution in [1.82, 2.24) is 31.2 Å². The molecule has 3 heterocycles. The number of carbonyl (C=O) groups is 5. The molecule has 6 N–H and O–H groups in total. The number of hydrogen-bond acceptors (Lipinski definition) is 14. The molecule has 0 radical (unpaired) electrons. The average Bonchev–Trinajstić information content (AvgIpc) is 3.89. The quantitative estimate of drug-likeness (QED) is 0.0300. The Kier molecular flexibility index (Phi) is 24.1. The Hall–Kier alpha value is -5.56. The first-order valence-electron chi connectivity index (χ1n) is 23.9. The van der Waals surface area contributed by atoms with Gasteiger partial charge in [0.15, 0.2) is 5.78 Å². The first kappa shape index (κ1) is 53.4. The van der Waals surface area contributed by atoms with Crippen molar-refractivity contribution in [2.75, 3.05) is 82.3 Å². The van der Waals surface area contributed by atoms with Gasteiger partial charge >= 0.3 is 0 Å². The summed E-state index contributed by atoms with van der Waals surface area (Å²) < 4.78 is 22.6. The first-order chi connectivity index (χ1) is 33.1. The zero-order valence-electron chi connectivity index (χ0n) is 39.5. The van der Waals surface area contributed by atoms with Crippen molar-refractivity contribution in [2.45, 2.75) is 95.3 Å². The van der Waals surface area contributed by atoms with E-state index in [1.165, 1.54) is 6.08 Å². The van der Waals surface area contributed by atoms with Crippen LogP contribution >= 0.6 is 11.8 Å². The second-order valence-electron chi connectivity index (χ2n) is 16.9. The van der Waals surface area contributed by atoms with Crippen LogP contribution in [0.3, 0.4) is 0 Å². The molecule has 1 aromatic heterocycles. The Morgan fingerprint density at radius 1 is 0.765 bits per heavy atom. The number of fused-ring (bicyclic) bond motifs is 1. The van der Waals surface area contributed by atoms with E-state index < -0.39 is 0 Å². The molecule has 0 unspecified atom stereocenters. The lowest BCUT2D eigenvalue weighted by Gasteiger charge is -2.17. The Balaban J connectivity index is 0.775. The fraction of sp³-hybridized carbons (Fsp3) is 0.540. The van der Waals surface area contributed by atoms with Gasteiger partial charge in [0.1, 0.15) is 11.6 Å². The van der Waals surface area contributed by atoms with Crippen LogP contribution in [0.4, 0.5) is 23.1 Å². The van der Waals surface area contributed by atoms with E-state index in [0.717, 1.165) is 53.9 Å². The summed E-state index contributed by atoms with van der Waals surface area (Å²) in [5.41, 5.74) is 3.29. The highest BCUT2D eigenvalue weighted by atomic mass is 32.2. The molecular formula is C50H70N8O9S. The summed E-state index contributed by atoms with van der Waals surface area (Å²) in [5, 5.41) is 18.9. The molecule has 18 heteroatoms. The van der Waals surface area contributed by atoms with E-state index in [9.17, 15) is 24.0 Å². The minimum Gasteiger partial charge on any atom is -0.493 e. The van der Waals surface area contributed by atoms with Crippen molar-refractivity contribution >= 4 is 64.3 Å². The molecule has 3 atom stereocenters. The van der Waals surface area contributed by atoms with Crippen molar-refractivity contribution in [3.8, 4) is 5.75 Å². The van der Waals surface area contributed by atoms with Crippen molar-refractivity contribution in [3.05, 3.63) is 78.5 Å². The van der Waals surface area contributed by atoms with Gasteiger partial charge in [-0.25, -0.2) is 4.98 Å². The lowest BCUT2D eigenvalue weighted by Crippen LogP contribution is -2.34. The van der Waals surface area contributed by atoms with Gasteiger partial charge in [-0.1, -0.05) is 31.2 Å². The van der Waals surface area contributed by atoms with E-state index in [0.29, 0.717) is 133 Å². The van der Waals surface area contributed by atoms with Crippen molar-refractivity contribution in [1.29, 1.82) is 0 Å². The molecule has 0 spiro atoms. The number of ether oxygens (including phenoxy) is 4. The Bertz CT molecular complexity index is 2080. The van der Waals surface area contributed by atoms with Gasteiger partial charge < -0.3 is 50.8 Å². The topological polar surface area (TPSA) is 220 Å². The van der Waals surface area contributed by atoms with Crippen molar-refractivity contribution in [2.24, 2.45) is 5.92 Å². The molecule has 0 saturated carbocycles. The third kappa shape index (κ3) is 20.8. The maximum Gasteiger partial charge on any atom is 0.229 e. The number of rotatable bonds is 35. The maximum atomic E-state index is 12.3. The number of amides is 4. The largest absolute Gasteiger partial charge is 0.493 e. The SMILES string of the molecule is C=CC(=O)Cc1cccc(Nc2nc(Nc3cccc(OCCCNC(=O)CCCC(=O)NCCCOCCOCCOCCCNC(=O)CCCC[C@@H]4SC[C@@H]5CC(=O)N[C@@H]54)c3)ncc2C)c1. The predicted molar refractivity (Wildman–Crippen MR) is 265 cm³/mol. The van der Waals surface area contributed by atoms with Crippen molar-refractivity contribution in [3.63, 3.8) is 0 Å². The summed E-state index contributed by atoms with van der Waals surface area (Å²) in [6.45, 7) is 10.3.